The van der Waals surface area contributed by atoms with E-state index >= 15 is 0 Å². The molecule has 3 aromatic rings. The molecule has 182 valence electrons. The fourth-order valence-corrected chi connectivity index (χ4v) is 5.62. The zero-order valence-corrected chi connectivity index (χ0v) is 21.7. The highest BCUT2D eigenvalue weighted by Gasteiger charge is 2.42. The molecule has 0 bridgehead atoms. The number of thiocarbonyl (C=S) groups is 1. The lowest BCUT2D eigenvalue weighted by atomic mass is 9.96. The van der Waals surface area contributed by atoms with Gasteiger partial charge < -0.3 is 20.1 Å². The van der Waals surface area contributed by atoms with Crippen LogP contribution in [-0.2, 0) is 4.79 Å². The lowest BCUT2D eigenvalue weighted by Gasteiger charge is -2.28. The Bertz CT molecular complexity index is 1260. The predicted octanol–water partition coefficient (Wildman–Crippen LogP) is 5.45. The summed E-state index contributed by atoms with van der Waals surface area (Å²) in [5.41, 5.74) is 7.83. The number of aromatic nitrogens is 2. The Balaban J connectivity index is 1.41. The van der Waals surface area contributed by atoms with Gasteiger partial charge in [-0.3, -0.25) is 9.78 Å². The Hall–Kier alpha value is -3.19. The average Bonchev–Trinajstić information content (AvgIpc) is 3.55. The van der Waals surface area contributed by atoms with Gasteiger partial charge in [0.15, 0.2) is 5.11 Å². The highest BCUT2D eigenvalue weighted by atomic mass is 32.1. The Morgan fingerprint density at radius 1 is 1.14 bits per heavy atom. The summed E-state index contributed by atoms with van der Waals surface area (Å²) in [6.45, 7) is 8.97. The van der Waals surface area contributed by atoms with E-state index in [1.54, 1.807) is 0 Å². The molecule has 2 aliphatic rings. The van der Waals surface area contributed by atoms with Gasteiger partial charge in [0.2, 0.25) is 5.91 Å². The average molecular weight is 488 g/mol. The molecule has 3 heterocycles. The highest BCUT2D eigenvalue weighted by molar-refractivity contribution is 7.80. The predicted molar refractivity (Wildman–Crippen MR) is 143 cm³/mol. The Morgan fingerprint density at radius 2 is 1.94 bits per heavy atom. The van der Waals surface area contributed by atoms with Gasteiger partial charge in [-0.1, -0.05) is 18.2 Å². The van der Waals surface area contributed by atoms with E-state index in [1.807, 2.05) is 50.4 Å². The van der Waals surface area contributed by atoms with Gasteiger partial charge in [-0.25, -0.2) is 0 Å². The van der Waals surface area contributed by atoms with E-state index in [0.29, 0.717) is 24.1 Å². The maximum atomic E-state index is 12.9. The quantitative estimate of drug-likeness (QED) is 0.434. The number of aryl methyl sites for hydroxylation is 3. The van der Waals surface area contributed by atoms with Crippen LogP contribution in [0.3, 0.4) is 0 Å². The van der Waals surface area contributed by atoms with Crippen LogP contribution >= 0.6 is 12.2 Å². The Kier molecular flexibility index (Phi) is 6.36. The minimum Gasteiger partial charge on any atom is -0.352 e. The van der Waals surface area contributed by atoms with Crippen molar-refractivity contribution in [1.29, 1.82) is 0 Å². The van der Waals surface area contributed by atoms with Gasteiger partial charge >= 0.3 is 0 Å². The zero-order valence-electron chi connectivity index (χ0n) is 20.8. The molecular weight excluding hydrogens is 454 g/mol. The highest BCUT2D eigenvalue weighted by Crippen LogP contribution is 2.44. The summed E-state index contributed by atoms with van der Waals surface area (Å²) in [5, 5.41) is 7.27. The largest absolute Gasteiger partial charge is 0.352 e. The van der Waals surface area contributed by atoms with Gasteiger partial charge in [0.1, 0.15) is 0 Å². The molecule has 2 fully saturated rings. The summed E-state index contributed by atoms with van der Waals surface area (Å²) in [6, 6.07) is 14.9. The third-order valence-electron chi connectivity index (χ3n) is 7.20. The van der Waals surface area contributed by atoms with Crippen molar-refractivity contribution in [3.05, 3.63) is 82.4 Å². The number of hydrogen-bond acceptors (Lipinski definition) is 3. The molecule has 0 spiro atoms. The summed E-state index contributed by atoms with van der Waals surface area (Å²) < 4.78 is 2.47. The first kappa shape index (κ1) is 23.5. The van der Waals surface area contributed by atoms with E-state index in [1.165, 1.54) is 29.8 Å². The van der Waals surface area contributed by atoms with Gasteiger partial charge in [-0.15, -0.1) is 0 Å². The molecule has 6 nitrogen and oxygen atoms in total. The second-order valence-electron chi connectivity index (χ2n) is 9.86. The third kappa shape index (κ3) is 4.69. The normalized spacial score (nSPS) is 19.7. The monoisotopic (exact) mass is 487 g/mol. The van der Waals surface area contributed by atoms with Gasteiger partial charge in [-0.05, 0) is 93.7 Å². The van der Waals surface area contributed by atoms with Crippen LogP contribution in [0, 0.1) is 27.7 Å². The van der Waals surface area contributed by atoms with E-state index in [2.05, 4.69) is 51.1 Å². The van der Waals surface area contributed by atoms with E-state index < -0.39 is 0 Å². The molecule has 1 aliphatic carbocycles. The number of rotatable bonds is 7. The first-order valence-corrected chi connectivity index (χ1v) is 12.8. The fourth-order valence-electron chi connectivity index (χ4n) is 5.29. The topological polar surface area (TPSA) is 62.2 Å². The van der Waals surface area contributed by atoms with Crippen molar-refractivity contribution in [1.82, 2.24) is 19.8 Å². The molecule has 2 aromatic heterocycles. The minimum absolute atomic E-state index is 0.00927. The molecule has 1 saturated carbocycles. The number of hydrogen-bond donors (Lipinski definition) is 2. The molecule has 2 N–H and O–H groups in total. The number of pyridine rings is 1. The molecule has 1 aliphatic heterocycles. The van der Waals surface area contributed by atoms with Crippen LogP contribution in [0.2, 0.25) is 0 Å². The van der Waals surface area contributed by atoms with Crippen LogP contribution in [-0.4, -0.2) is 32.0 Å². The summed E-state index contributed by atoms with van der Waals surface area (Å²) >= 11 is 5.81. The van der Waals surface area contributed by atoms with Crippen LogP contribution in [0.5, 0.6) is 0 Å². The number of carbonyl (C=O) groups excluding carboxylic acids is 1. The fraction of sp³-hybridized carbons (Fsp3) is 0.393. The molecule has 0 unspecified atom stereocenters. The summed E-state index contributed by atoms with van der Waals surface area (Å²) in [7, 11) is 0. The number of carbonyl (C=O) groups is 1. The lowest BCUT2D eigenvalue weighted by molar-refractivity contribution is -0.116. The van der Waals surface area contributed by atoms with Crippen molar-refractivity contribution < 1.29 is 4.79 Å². The first-order chi connectivity index (χ1) is 16.8. The number of nitrogens with zero attached hydrogens (tertiary/aromatic N) is 3. The van der Waals surface area contributed by atoms with Crippen LogP contribution < -0.4 is 10.6 Å². The smallest absolute Gasteiger partial charge is 0.226 e. The molecule has 1 aromatic carbocycles. The molecule has 1 saturated heterocycles. The Labute approximate surface area is 212 Å². The summed E-state index contributed by atoms with van der Waals surface area (Å²) in [6.07, 6.45) is 4.65. The molecule has 0 radical (unpaired) electrons. The molecular formula is C28H33N5OS. The maximum Gasteiger partial charge on any atom is 0.226 e. The van der Waals surface area contributed by atoms with Crippen molar-refractivity contribution in [3.8, 4) is 0 Å². The molecule has 5 rings (SSSR count). The summed E-state index contributed by atoms with van der Waals surface area (Å²) in [4.78, 5) is 19.8. The number of amides is 1. The minimum atomic E-state index is -0.0704. The summed E-state index contributed by atoms with van der Waals surface area (Å²) in [5.74, 6) is -0.00927. The number of anilines is 1. The van der Waals surface area contributed by atoms with Crippen molar-refractivity contribution in [2.75, 3.05) is 11.9 Å². The zero-order chi connectivity index (χ0) is 24.7. The van der Waals surface area contributed by atoms with Crippen LogP contribution in [0.25, 0.3) is 0 Å². The van der Waals surface area contributed by atoms with E-state index in [4.69, 9.17) is 12.2 Å². The van der Waals surface area contributed by atoms with Gasteiger partial charge in [0.05, 0.1) is 17.8 Å². The van der Waals surface area contributed by atoms with Crippen molar-refractivity contribution in [2.45, 2.75) is 65.1 Å². The molecule has 7 heteroatoms. The second-order valence-corrected chi connectivity index (χ2v) is 10.3. The van der Waals surface area contributed by atoms with Crippen LogP contribution in [0.4, 0.5) is 5.69 Å². The number of benzene rings is 1. The van der Waals surface area contributed by atoms with Gasteiger partial charge in [-0.2, -0.15) is 0 Å². The SMILES string of the molecule is Cc1ccc(C)c(NC(=O)CCN2C(=S)N[C@H](c3ccccn3)[C@@H]2c2cc(C)n(C3CC3)c2C)c1. The van der Waals surface area contributed by atoms with Gasteiger partial charge in [0, 0.05) is 42.3 Å². The van der Waals surface area contributed by atoms with Crippen LogP contribution in [0.1, 0.15) is 71.2 Å². The van der Waals surface area contributed by atoms with E-state index in [0.717, 1.165) is 22.5 Å². The lowest BCUT2D eigenvalue weighted by Crippen LogP contribution is -2.33. The van der Waals surface area contributed by atoms with Crippen molar-refractivity contribution in [3.63, 3.8) is 0 Å². The standard InChI is InChI=1S/C28H33N5OS/c1-17-8-9-18(2)24(15-17)30-25(34)12-14-32-27(22-16-19(3)33(20(22)4)21-10-11-21)26(31-28(32)35)23-7-5-6-13-29-23/h5-9,13,15-16,21,26-27H,10-12,14H2,1-4H3,(H,30,34)(H,31,35)/t26-,27+/m1/s1. The third-order valence-corrected chi connectivity index (χ3v) is 7.55. The second kappa shape index (κ2) is 9.46. The van der Waals surface area contributed by atoms with E-state index in [-0.39, 0.29) is 18.0 Å². The molecule has 35 heavy (non-hydrogen) atoms. The van der Waals surface area contributed by atoms with Crippen molar-refractivity contribution in [2.24, 2.45) is 0 Å². The first-order valence-electron chi connectivity index (χ1n) is 12.4. The Morgan fingerprint density at radius 3 is 2.66 bits per heavy atom. The van der Waals surface area contributed by atoms with Crippen molar-refractivity contribution >= 4 is 28.9 Å². The molecule has 2 atom stereocenters. The maximum absolute atomic E-state index is 12.9. The van der Waals surface area contributed by atoms with Gasteiger partial charge in [0.25, 0.3) is 0 Å². The van der Waals surface area contributed by atoms with Crippen LogP contribution in [0.15, 0.2) is 48.7 Å². The molecule has 1 amide bonds. The van der Waals surface area contributed by atoms with E-state index in [9.17, 15) is 4.79 Å². The number of nitrogens with one attached hydrogen (secondary N) is 2.